The van der Waals surface area contributed by atoms with Crippen molar-refractivity contribution in [3.05, 3.63) is 34.1 Å². The second kappa shape index (κ2) is 5.36. The third-order valence-corrected chi connectivity index (χ3v) is 5.82. The molecule has 0 amide bonds. The van der Waals surface area contributed by atoms with E-state index in [2.05, 4.69) is 19.9 Å². The topological polar surface area (TPSA) is 52.6 Å². The Bertz CT molecular complexity index is 679. The maximum Gasteiger partial charge on any atom is 0.339 e. The van der Waals surface area contributed by atoms with Crippen molar-refractivity contribution < 1.29 is 19.1 Å². The third-order valence-electron chi connectivity index (χ3n) is 5.82. The zero-order valence-electron chi connectivity index (χ0n) is 14.5. The minimum absolute atomic E-state index is 0.107. The molecule has 3 unspecified atom stereocenters. The maximum absolute atomic E-state index is 11.9. The second-order valence-corrected chi connectivity index (χ2v) is 7.07. The first-order valence-corrected chi connectivity index (χ1v) is 8.33. The highest BCUT2D eigenvalue weighted by Crippen LogP contribution is 2.56. The second-order valence-electron chi connectivity index (χ2n) is 7.07. The molecular formula is C19H24O4. The van der Waals surface area contributed by atoms with Crippen molar-refractivity contribution in [1.82, 2.24) is 0 Å². The lowest BCUT2D eigenvalue weighted by molar-refractivity contribution is -0.153. The SMILES string of the molecule is CCC(=O)OC1CC=C2C(C)=C3OC(=O)C(C)=C3CC2(C)C1C. The molecule has 3 atom stereocenters. The number of ether oxygens (including phenoxy) is 2. The Balaban J connectivity index is 2.02. The summed E-state index contributed by atoms with van der Waals surface area (Å²) in [5.74, 6) is 0.539. The highest BCUT2D eigenvalue weighted by Gasteiger charge is 2.49. The predicted molar refractivity (Wildman–Crippen MR) is 86.3 cm³/mol. The lowest BCUT2D eigenvalue weighted by atomic mass is 9.58. The minimum atomic E-state index is -0.237. The molecule has 23 heavy (non-hydrogen) atoms. The molecule has 3 rings (SSSR count). The summed E-state index contributed by atoms with van der Waals surface area (Å²) in [4.78, 5) is 23.6. The van der Waals surface area contributed by atoms with Crippen LogP contribution in [0.1, 0.15) is 53.9 Å². The van der Waals surface area contributed by atoms with E-state index in [4.69, 9.17) is 9.47 Å². The van der Waals surface area contributed by atoms with Crippen LogP contribution in [0.15, 0.2) is 34.1 Å². The van der Waals surface area contributed by atoms with Gasteiger partial charge < -0.3 is 9.47 Å². The predicted octanol–water partition coefficient (Wildman–Crippen LogP) is 3.83. The van der Waals surface area contributed by atoms with Crippen molar-refractivity contribution >= 4 is 11.9 Å². The number of allylic oxidation sites excluding steroid dienone is 3. The van der Waals surface area contributed by atoms with Crippen molar-refractivity contribution in [2.24, 2.45) is 11.3 Å². The monoisotopic (exact) mass is 316 g/mol. The van der Waals surface area contributed by atoms with Gasteiger partial charge in [-0.2, -0.15) is 0 Å². The van der Waals surface area contributed by atoms with Crippen LogP contribution in [0.25, 0.3) is 0 Å². The summed E-state index contributed by atoms with van der Waals surface area (Å²) in [5, 5.41) is 0. The Morgan fingerprint density at radius 3 is 2.74 bits per heavy atom. The van der Waals surface area contributed by atoms with E-state index in [0.29, 0.717) is 18.4 Å². The Labute approximate surface area is 137 Å². The molecule has 4 heteroatoms. The van der Waals surface area contributed by atoms with Crippen LogP contribution in [0.2, 0.25) is 0 Å². The number of fused-ring (bicyclic) bond motifs is 2. The average molecular weight is 316 g/mol. The normalized spacial score (nSPS) is 33.1. The number of esters is 2. The van der Waals surface area contributed by atoms with Gasteiger partial charge in [-0.05, 0) is 31.4 Å². The van der Waals surface area contributed by atoms with Crippen LogP contribution in [-0.4, -0.2) is 18.0 Å². The molecule has 0 aromatic carbocycles. The van der Waals surface area contributed by atoms with E-state index in [0.717, 1.165) is 23.3 Å². The number of rotatable bonds is 2. The van der Waals surface area contributed by atoms with Gasteiger partial charge in [-0.1, -0.05) is 26.8 Å². The summed E-state index contributed by atoms with van der Waals surface area (Å²) >= 11 is 0. The smallest absolute Gasteiger partial charge is 0.339 e. The summed E-state index contributed by atoms with van der Waals surface area (Å²) in [7, 11) is 0. The van der Waals surface area contributed by atoms with E-state index in [1.54, 1.807) is 0 Å². The Hall–Kier alpha value is -1.84. The van der Waals surface area contributed by atoms with E-state index >= 15 is 0 Å². The maximum atomic E-state index is 11.9. The van der Waals surface area contributed by atoms with E-state index in [-0.39, 0.29) is 29.4 Å². The molecule has 3 aliphatic rings. The third kappa shape index (κ3) is 2.27. The standard InChI is InChI=1S/C19H24O4/c1-6-16(20)22-15-8-7-14-11(3)17-13(10(2)18(21)23-17)9-19(14,5)12(15)4/h7,12,15H,6,8-9H2,1-5H3. The summed E-state index contributed by atoms with van der Waals surface area (Å²) in [6, 6.07) is 0. The quantitative estimate of drug-likeness (QED) is 0.727. The first-order chi connectivity index (χ1) is 10.8. The van der Waals surface area contributed by atoms with Gasteiger partial charge in [0.25, 0.3) is 0 Å². The van der Waals surface area contributed by atoms with Crippen LogP contribution in [0.4, 0.5) is 0 Å². The molecule has 0 N–H and O–H groups in total. The van der Waals surface area contributed by atoms with Gasteiger partial charge in [-0.3, -0.25) is 4.79 Å². The molecule has 0 aromatic heterocycles. The Kier molecular flexibility index (Phi) is 3.74. The molecule has 4 nitrogen and oxygen atoms in total. The first kappa shape index (κ1) is 16.0. The van der Waals surface area contributed by atoms with Crippen LogP contribution < -0.4 is 0 Å². The Morgan fingerprint density at radius 2 is 2.09 bits per heavy atom. The van der Waals surface area contributed by atoms with Crippen molar-refractivity contribution in [3.8, 4) is 0 Å². The van der Waals surface area contributed by atoms with E-state index in [1.165, 1.54) is 5.57 Å². The first-order valence-electron chi connectivity index (χ1n) is 8.33. The highest BCUT2D eigenvalue weighted by atomic mass is 16.5. The Morgan fingerprint density at radius 1 is 1.39 bits per heavy atom. The van der Waals surface area contributed by atoms with Gasteiger partial charge in [-0.25, -0.2) is 4.79 Å². The van der Waals surface area contributed by atoms with Crippen LogP contribution in [-0.2, 0) is 19.1 Å². The summed E-state index contributed by atoms with van der Waals surface area (Å²) < 4.78 is 11.1. The number of carbonyl (C=O) groups is 2. The van der Waals surface area contributed by atoms with E-state index in [1.807, 2.05) is 20.8 Å². The molecule has 1 aliphatic heterocycles. The van der Waals surface area contributed by atoms with Crippen LogP contribution in [0.3, 0.4) is 0 Å². The molecule has 2 aliphatic carbocycles. The summed E-state index contributed by atoms with van der Waals surface area (Å²) in [5.41, 5.74) is 3.86. The van der Waals surface area contributed by atoms with Crippen molar-refractivity contribution in [1.29, 1.82) is 0 Å². The van der Waals surface area contributed by atoms with Gasteiger partial charge in [0.1, 0.15) is 11.9 Å². The van der Waals surface area contributed by atoms with Gasteiger partial charge in [0.05, 0.1) is 0 Å². The molecule has 0 saturated heterocycles. The number of carbonyl (C=O) groups excluding carboxylic acids is 2. The molecule has 0 saturated carbocycles. The fourth-order valence-electron chi connectivity index (χ4n) is 4.10. The highest BCUT2D eigenvalue weighted by molar-refractivity contribution is 5.94. The van der Waals surface area contributed by atoms with Gasteiger partial charge >= 0.3 is 11.9 Å². The summed E-state index contributed by atoms with van der Waals surface area (Å²) in [6.45, 7) is 10.0. The molecule has 0 fully saturated rings. The van der Waals surface area contributed by atoms with E-state index < -0.39 is 0 Å². The van der Waals surface area contributed by atoms with Gasteiger partial charge in [0, 0.05) is 35.3 Å². The fourth-order valence-corrected chi connectivity index (χ4v) is 4.10. The zero-order chi connectivity index (χ0) is 16.9. The fraction of sp³-hybridized carbons (Fsp3) is 0.579. The van der Waals surface area contributed by atoms with Crippen LogP contribution in [0, 0.1) is 11.3 Å². The van der Waals surface area contributed by atoms with Crippen LogP contribution in [0.5, 0.6) is 0 Å². The number of hydrogen-bond acceptors (Lipinski definition) is 4. The molecule has 0 bridgehead atoms. The van der Waals surface area contributed by atoms with E-state index in [9.17, 15) is 9.59 Å². The van der Waals surface area contributed by atoms with Gasteiger partial charge in [0.15, 0.2) is 0 Å². The number of hydrogen-bond donors (Lipinski definition) is 0. The average Bonchev–Trinajstić information content (AvgIpc) is 2.79. The van der Waals surface area contributed by atoms with Gasteiger partial charge in [-0.15, -0.1) is 0 Å². The molecule has 1 heterocycles. The molecule has 0 spiro atoms. The van der Waals surface area contributed by atoms with Crippen molar-refractivity contribution in [3.63, 3.8) is 0 Å². The molecule has 124 valence electrons. The molecule has 0 radical (unpaired) electrons. The van der Waals surface area contributed by atoms with Gasteiger partial charge in [0.2, 0.25) is 0 Å². The zero-order valence-corrected chi connectivity index (χ0v) is 14.5. The molecular weight excluding hydrogens is 292 g/mol. The largest absolute Gasteiger partial charge is 0.462 e. The lowest BCUT2D eigenvalue weighted by Crippen LogP contribution is -2.43. The lowest BCUT2D eigenvalue weighted by Gasteiger charge is -2.47. The molecule has 0 aromatic rings. The van der Waals surface area contributed by atoms with Crippen molar-refractivity contribution in [2.75, 3.05) is 0 Å². The van der Waals surface area contributed by atoms with Crippen LogP contribution >= 0.6 is 0 Å². The van der Waals surface area contributed by atoms with Crippen molar-refractivity contribution in [2.45, 2.75) is 60.0 Å². The summed E-state index contributed by atoms with van der Waals surface area (Å²) in [6.07, 6.45) is 3.92. The minimum Gasteiger partial charge on any atom is -0.462 e.